The third kappa shape index (κ3) is 4.88. The normalized spacial score (nSPS) is 14.3. The Hall–Kier alpha value is -1.35. The van der Waals surface area contributed by atoms with Crippen molar-refractivity contribution in [3.8, 4) is 0 Å². The molecule has 0 radical (unpaired) electrons. The molecule has 1 rings (SSSR count). The third-order valence-electron chi connectivity index (χ3n) is 2.88. The Kier molecular flexibility index (Phi) is 5.86. The van der Waals surface area contributed by atoms with E-state index in [2.05, 4.69) is 43.5 Å². The first-order valence-corrected chi connectivity index (χ1v) is 6.59. The van der Waals surface area contributed by atoms with E-state index in [0.29, 0.717) is 5.92 Å². The molecule has 0 aliphatic heterocycles. The van der Waals surface area contributed by atoms with Crippen molar-refractivity contribution in [1.82, 2.24) is 10.6 Å². The lowest BCUT2D eigenvalue weighted by molar-refractivity contribution is -0.123. The van der Waals surface area contributed by atoms with Gasteiger partial charge < -0.3 is 5.32 Å². The van der Waals surface area contributed by atoms with E-state index in [1.54, 1.807) is 0 Å². The predicted molar refractivity (Wildman–Crippen MR) is 75.3 cm³/mol. The van der Waals surface area contributed by atoms with Crippen LogP contribution in [0.15, 0.2) is 30.3 Å². The average Bonchev–Trinajstić information content (AvgIpc) is 2.36. The van der Waals surface area contributed by atoms with Gasteiger partial charge >= 0.3 is 0 Å². The highest BCUT2D eigenvalue weighted by Crippen LogP contribution is 2.11. The molecule has 0 bridgehead atoms. The van der Waals surface area contributed by atoms with Gasteiger partial charge in [0.1, 0.15) is 0 Å². The molecule has 3 heteroatoms. The number of nitrogens with one attached hydrogen (secondary N) is 2. The second-order valence-corrected chi connectivity index (χ2v) is 5.16. The lowest BCUT2D eigenvalue weighted by Gasteiger charge is -2.20. The van der Waals surface area contributed by atoms with E-state index in [9.17, 15) is 4.79 Å². The zero-order valence-corrected chi connectivity index (χ0v) is 11.7. The maximum Gasteiger partial charge on any atom is 0.236 e. The van der Waals surface area contributed by atoms with Crippen LogP contribution in [0.5, 0.6) is 0 Å². The van der Waals surface area contributed by atoms with Gasteiger partial charge in [-0.2, -0.15) is 0 Å². The summed E-state index contributed by atoms with van der Waals surface area (Å²) in [7, 11) is 0. The van der Waals surface area contributed by atoms with Crippen LogP contribution < -0.4 is 10.6 Å². The molecule has 18 heavy (non-hydrogen) atoms. The first-order valence-electron chi connectivity index (χ1n) is 6.59. The number of hydrogen-bond donors (Lipinski definition) is 2. The highest BCUT2D eigenvalue weighted by Gasteiger charge is 2.15. The zero-order valence-electron chi connectivity index (χ0n) is 11.7. The molecule has 0 saturated heterocycles. The molecule has 0 aromatic heterocycles. The second-order valence-electron chi connectivity index (χ2n) is 5.16. The van der Waals surface area contributed by atoms with Gasteiger partial charge in [0.2, 0.25) is 5.91 Å². The van der Waals surface area contributed by atoms with E-state index < -0.39 is 0 Å². The molecule has 0 aliphatic rings. The molecular formula is C15H24N2O. The van der Waals surface area contributed by atoms with Gasteiger partial charge in [0, 0.05) is 12.6 Å². The molecule has 2 N–H and O–H groups in total. The number of carbonyl (C=O) groups excluding carboxylic acids is 1. The second kappa shape index (κ2) is 7.17. The molecule has 2 atom stereocenters. The molecule has 1 unspecified atom stereocenters. The maximum absolute atomic E-state index is 11.8. The Labute approximate surface area is 110 Å². The molecule has 1 aromatic carbocycles. The fourth-order valence-corrected chi connectivity index (χ4v) is 1.75. The van der Waals surface area contributed by atoms with E-state index in [0.717, 1.165) is 6.54 Å². The Bertz CT molecular complexity index is 362. The highest BCUT2D eigenvalue weighted by atomic mass is 16.2. The summed E-state index contributed by atoms with van der Waals surface area (Å²) in [5.41, 5.74) is 1.20. The van der Waals surface area contributed by atoms with Crippen molar-refractivity contribution < 1.29 is 4.79 Å². The van der Waals surface area contributed by atoms with Crippen molar-refractivity contribution in [1.29, 1.82) is 0 Å². The zero-order chi connectivity index (χ0) is 13.5. The van der Waals surface area contributed by atoms with Gasteiger partial charge in [-0.1, -0.05) is 44.2 Å². The minimum absolute atomic E-state index is 0.0616. The van der Waals surface area contributed by atoms with Crippen molar-refractivity contribution in [2.75, 3.05) is 6.54 Å². The summed E-state index contributed by atoms with van der Waals surface area (Å²) in [5.74, 6) is 0.541. The molecule has 0 saturated carbocycles. The molecular weight excluding hydrogens is 224 g/mol. The summed E-state index contributed by atoms with van der Waals surface area (Å²) >= 11 is 0. The van der Waals surface area contributed by atoms with Crippen molar-refractivity contribution in [2.45, 2.75) is 39.8 Å². The fourth-order valence-electron chi connectivity index (χ4n) is 1.75. The molecule has 0 spiro atoms. The van der Waals surface area contributed by atoms with Crippen LogP contribution in [0.2, 0.25) is 0 Å². The van der Waals surface area contributed by atoms with E-state index in [1.807, 2.05) is 25.1 Å². The standard InChI is InChI=1S/C15H24N2O/c1-11(2)10-16-15(18)13(4)17-12(3)14-8-6-5-7-9-14/h5-9,11-13,17H,10H2,1-4H3,(H,16,18)/t12-,13?/m1/s1. The van der Waals surface area contributed by atoms with Crippen molar-refractivity contribution in [2.24, 2.45) is 5.92 Å². The quantitative estimate of drug-likeness (QED) is 0.812. The number of benzene rings is 1. The molecule has 100 valence electrons. The van der Waals surface area contributed by atoms with Crippen LogP contribution in [0.25, 0.3) is 0 Å². The monoisotopic (exact) mass is 248 g/mol. The summed E-state index contributed by atoms with van der Waals surface area (Å²) in [5, 5.41) is 6.24. The van der Waals surface area contributed by atoms with Gasteiger partial charge in [-0.05, 0) is 25.3 Å². The minimum atomic E-state index is -0.182. The van der Waals surface area contributed by atoms with E-state index in [1.165, 1.54) is 5.56 Å². The SMILES string of the molecule is CC(C)CNC(=O)C(C)N[C@H](C)c1ccccc1. The summed E-state index contributed by atoms with van der Waals surface area (Å²) in [6.45, 7) is 8.87. The van der Waals surface area contributed by atoms with E-state index in [4.69, 9.17) is 0 Å². The van der Waals surface area contributed by atoms with Gasteiger partial charge in [0.25, 0.3) is 0 Å². The Morgan fingerprint density at radius 1 is 1.11 bits per heavy atom. The molecule has 1 amide bonds. The fraction of sp³-hybridized carbons (Fsp3) is 0.533. The Morgan fingerprint density at radius 2 is 1.72 bits per heavy atom. The number of hydrogen-bond acceptors (Lipinski definition) is 2. The van der Waals surface area contributed by atoms with Gasteiger partial charge in [0.05, 0.1) is 6.04 Å². The van der Waals surface area contributed by atoms with Crippen LogP contribution in [-0.2, 0) is 4.79 Å². The van der Waals surface area contributed by atoms with Crippen LogP contribution in [0.3, 0.4) is 0 Å². The van der Waals surface area contributed by atoms with Crippen LogP contribution in [0, 0.1) is 5.92 Å². The first-order chi connectivity index (χ1) is 8.50. The minimum Gasteiger partial charge on any atom is -0.354 e. The van der Waals surface area contributed by atoms with Crippen molar-refractivity contribution >= 4 is 5.91 Å². The number of amides is 1. The smallest absolute Gasteiger partial charge is 0.236 e. The number of rotatable bonds is 6. The first kappa shape index (κ1) is 14.7. The molecule has 1 aromatic rings. The summed E-state index contributed by atoms with van der Waals surface area (Å²) in [6.07, 6.45) is 0. The maximum atomic E-state index is 11.8. The Balaban J connectivity index is 2.44. The molecule has 0 heterocycles. The Morgan fingerprint density at radius 3 is 2.28 bits per heavy atom. The highest BCUT2D eigenvalue weighted by molar-refractivity contribution is 5.81. The van der Waals surface area contributed by atoms with Crippen LogP contribution in [-0.4, -0.2) is 18.5 Å². The van der Waals surface area contributed by atoms with E-state index >= 15 is 0 Å². The molecule has 0 fully saturated rings. The van der Waals surface area contributed by atoms with Crippen LogP contribution >= 0.6 is 0 Å². The van der Waals surface area contributed by atoms with Crippen LogP contribution in [0.1, 0.15) is 39.3 Å². The predicted octanol–water partition coefficient (Wildman–Crippen LogP) is 2.50. The summed E-state index contributed by atoms with van der Waals surface area (Å²) < 4.78 is 0. The summed E-state index contributed by atoms with van der Waals surface area (Å²) in [4.78, 5) is 11.8. The third-order valence-corrected chi connectivity index (χ3v) is 2.88. The average molecular weight is 248 g/mol. The van der Waals surface area contributed by atoms with Crippen molar-refractivity contribution in [3.05, 3.63) is 35.9 Å². The van der Waals surface area contributed by atoms with Gasteiger partial charge in [-0.25, -0.2) is 0 Å². The molecule has 3 nitrogen and oxygen atoms in total. The largest absolute Gasteiger partial charge is 0.354 e. The lowest BCUT2D eigenvalue weighted by Crippen LogP contribution is -2.44. The lowest BCUT2D eigenvalue weighted by atomic mass is 10.1. The van der Waals surface area contributed by atoms with Crippen LogP contribution in [0.4, 0.5) is 0 Å². The van der Waals surface area contributed by atoms with Gasteiger partial charge in [-0.15, -0.1) is 0 Å². The topological polar surface area (TPSA) is 41.1 Å². The van der Waals surface area contributed by atoms with E-state index in [-0.39, 0.29) is 18.0 Å². The van der Waals surface area contributed by atoms with Crippen molar-refractivity contribution in [3.63, 3.8) is 0 Å². The molecule has 0 aliphatic carbocycles. The summed E-state index contributed by atoms with van der Waals surface area (Å²) in [6, 6.07) is 10.1. The van der Waals surface area contributed by atoms with Gasteiger partial charge in [0.15, 0.2) is 0 Å². The van der Waals surface area contributed by atoms with Gasteiger partial charge in [-0.3, -0.25) is 10.1 Å². The number of carbonyl (C=O) groups is 1.